The summed E-state index contributed by atoms with van der Waals surface area (Å²) in [6.07, 6.45) is 2.05. The lowest BCUT2D eigenvalue weighted by atomic mass is 9.93. The molecule has 34 heavy (non-hydrogen) atoms. The van der Waals surface area contributed by atoms with Gasteiger partial charge in [-0.05, 0) is 35.6 Å². The zero-order valence-electron chi connectivity index (χ0n) is 20.3. The molecule has 2 atom stereocenters. The molecule has 2 aromatic carbocycles. The van der Waals surface area contributed by atoms with Crippen molar-refractivity contribution in [2.45, 2.75) is 39.8 Å². The molecule has 0 fully saturated rings. The quantitative estimate of drug-likeness (QED) is 0.204. The van der Waals surface area contributed by atoms with Crippen LogP contribution in [0.2, 0.25) is 0 Å². The molecule has 2 aromatic rings. The molecule has 0 saturated heterocycles. The van der Waals surface area contributed by atoms with Crippen LogP contribution in [0.15, 0.2) is 60.7 Å². The van der Waals surface area contributed by atoms with Crippen LogP contribution in [-0.2, 0) is 9.13 Å². The SMILES string of the molecule is CCP(=O)(CC)NC(=S)NC(c1ccccc1)C(NC(=S)NP(=O)(CC)CC)c1ccccc1. The van der Waals surface area contributed by atoms with Gasteiger partial charge in [-0.1, -0.05) is 88.4 Å². The second kappa shape index (κ2) is 13.4. The lowest BCUT2D eigenvalue weighted by molar-refractivity contribution is 0.482. The average Bonchev–Trinajstić information content (AvgIpc) is 2.86. The lowest BCUT2D eigenvalue weighted by Gasteiger charge is -2.33. The van der Waals surface area contributed by atoms with Gasteiger partial charge in [0.2, 0.25) is 0 Å². The van der Waals surface area contributed by atoms with E-state index in [1.165, 1.54) is 0 Å². The third kappa shape index (κ3) is 8.20. The van der Waals surface area contributed by atoms with Crippen molar-refractivity contribution in [3.05, 3.63) is 71.8 Å². The van der Waals surface area contributed by atoms with E-state index in [4.69, 9.17) is 24.4 Å². The van der Waals surface area contributed by atoms with Crippen molar-refractivity contribution >= 4 is 49.2 Å². The van der Waals surface area contributed by atoms with Crippen LogP contribution in [0.4, 0.5) is 0 Å². The van der Waals surface area contributed by atoms with Gasteiger partial charge in [0.05, 0.1) is 12.1 Å². The summed E-state index contributed by atoms with van der Waals surface area (Å²) < 4.78 is 26.0. The predicted molar refractivity (Wildman–Crippen MR) is 153 cm³/mol. The van der Waals surface area contributed by atoms with E-state index >= 15 is 0 Å². The van der Waals surface area contributed by atoms with E-state index in [2.05, 4.69) is 20.8 Å². The Bertz CT molecular complexity index is 938. The summed E-state index contributed by atoms with van der Waals surface area (Å²) in [5.41, 5.74) is 1.96. The maximum absolute atomic E-state index is 13.0. The van der Waals surface area contributed by atoms with Gasteiger partial charge in [0.1, 0.15) is 0 Å². The number of hydrogen-bond donors (Lipinski definition) is 4. The summed E-state index contributed by atoms with van der Waals surface area (Å²) in [6, 6.07) is 19.1. The summed E-state index contributed by atoms with van der Waals surface area (Å²) in [4.78, 5) is 0. The van der Waals surface area contributed by atoms with Crippen molar-refractivity contribution in [2.75, 3.05) is 24.6 Å². The first-order chi connectivity index (χ1) is 16.2. The van der Waals surface area contributed by atoms with Crippen molar-refractivity contribution < 1.29 is 9.13 Å². The van der Waals surface area contributed by atoms with Gasteiger partial charge in [0, 0.05) is 24.6 Å². The largest absolute Gasteiger partial charge is 0.353 e. The van der Waals surface area contributed by atoms with Gasteiger partial charge in [-0.25, -0.2) is 0 Å². The normalized spacial score (nSPS) is 13.4. The minimum absolute atomic E-state index is 0.329. The number of benzene rings is 2. The molecule has 10 heteroatoms. The number of hydrogen-bond acceptors (Lipinski definition) is 4. The van der Waals surface area contributed by atoms with Crippen LogP contribution in [0.5, 0.6) is 0 Å². The standard InChI is InChI=1S/C24H36N4O2P2S2/c1-5-31(29,6-2)27-23(33)25-21(19-15-11-9-12-16-19)22(20-17-13-10-14-18-20)26-24(34)28-32(30,7-3)8-4/h9-18,21-22H,5-8H2,1-4H3,(H2,25,27,29,33)(H2,26,28,30,34). The van der Waals surface area contributed by atoms with E-state index in [1.54, 1.807) is 0 Å². The van der Waals surface area contributed by atoms with Crippen molar-refractivity contribution in [3.63, 3.8) is 0 Å². The number of rotatable bonds is 11. The Morgan fingerprint density at radius 3 is 1.21 bits per heavy atom. The first-order valence-corrected chi connectivity index (χ1v) is 16.6. The molecule has 0 bridgehead atoms. The third-order valence-electron chi connectivity index (χ3n) is 5.88. The molecule has 0 saturated carbocycles. The molecular weight excluding hydrogens is 502 g/mol. The Hall–Kier alpha value is -1.72. The Balaban J connectivity index is 2.43. The molecule has 0 heterocycles. The molecule has 6 nitrogen and oxygen atoms in total. The molecule has 0 aliphatic rings. The zero-order valence-corrected chi connectivity index (χ0v) is 23.7. The molecule has 0 aromatic heterocycles. The Morgan fingerprint density at radius 1 is 0.647 bits per heavy atom. The van der Waals surface area contributed by atoms with Crippen LogP contribution in [0.1, 0.15) is 50.9 Å². The van der Waals surface area contributed by atoms with Gasteiger partial charge in [-0.3, -0.25) is 0 Å². The second-order valence-electron chi connectivity index (χ2n) is 7.99. The monoisotopic (exact) mass is 538 g/mol. The van der Waals surface area contributed by atoms with Gasteiger partial charge in [0.15, 0.2) is 24.8 Å². The molecule has 0 aliphatic carbocycles. The van der Waals surface area contributed by atoms with E-state index in [0.29, 0.717) is 34.9 Å². The lowest BCUT2D eigenvalue weighted by Crippen LogP contribution is -2.46. The highest BCUT2D eigenvalue weighted by Gasteiger charge is 2.29. The summed E-state index contributed by atoms with van der Waals surface area (Å²) >= 11 is 11.2. The fourth-order valence-corrected chi connectivity index (χ4v) is 7.17. The first kappa shape index (κ1) is 28.5. The smallest absolute Gasteiger partial charge is 0.172 e. The van der Waals surface area contributed by atoms with Gasteiger partial charge in [-0.2, -0.15) is 0 Å². The molecule has 186 valence electrons. The maximum Gasteiger partial charge on any atom is 0.172 e. The fraction of sp³-hybridized carbons (Fsp3) is 0.417. The van der Waals surface area contributed by atoms with E-state index in [1.807, 2.05) is 88.4 Å². The average molecular weight is 539 g/mol. The number of thiocarbonyl (C=S) groups is 2. The predicted octanol–water partition coefficient (Wildman–Crippen LogP) is 6.03. The Morgan fingerprint density at radius 2 is 0.941 bits per heavy atom. The summed E-state index contributed by atoms with van der Waals surface area (Å²) in [6.45, 7) is 7.58. The van der Waals surface area contributed by atoms with Crippen molar-refractivity contribution in [2.24, 2.45) is 0 Å². The molecule has 4 N–H and O–H groups in total. The van der Waals surface area contributed by atoms with Crippen molar-refractivity contribution in [1.82, 2.24) is 20.8 Å². The maximum atomic E-state index is 13.0. The Kier molecular flexibility index (Phi) is 11.2. The van der Waals surface area contributed by atoms with E-state index in [0.717, 1.165) is 11.1 Å². The zero-order chi connectivity index (χ0) is 25.2. The molecule has 0 amide bonds. The van der Waals surface area contributed by atoms with Gasteiger partial charge in [-0.15, -0.1) is 0 Å². The number of nitrogens with one attached hydrogen (secondary N) is 4. The minimum Gasteiger partial charge on any atom is -0.353 e. The molecular formula is C24H36N4O2P2S2. The topological polar surface area (TPSA) is 82.3 Å². The highest BCUT2D eigenvalue weighted by atomic mass is 32.1. The van der Waals surface area contributed by atoms with Crippen LogP contribution in [-0.4, -0.2) is 34.9 Å². The Labute approximate surface area is 214 Å². The molecule has 2 unspecified atom stereocenters. The summed E-state index contributed by atoms with van der Waals surface area (Å²) in [5.74, 6) is 0. The molecule has 0 aliphatic heterocycles. The fourth-order valence-electron chi connectivity index (χ4n) is 3.52. The second-order valence-corrected chi connectivity index (χ2v) is 15.3. The molecule has 2 rings (SSSR count). The van der Waals surface area contributed by atoms with Crippen LogP contribution in [0.3, 0.4) is 0 Å². The molecule has 0 spiro atoms. The van der Waals surface area contributed by atoms with Crippen LogP contribution < -0.4 is 20.8 Å². The van der Waals surface area contributed by atoms with Crippen LogP contribution in [0.25, 0.3) is 0 Å². The van der Waals surface area contributed by atoms with Crippen molar-refractivity contribution in [3.8, 4) is 0 Å². The highest BCUT2D eigenvalue weighted by Crippen LogP contribution is 2.41. The third-order valence-corrected chi connectivity index (χ3v) is 12.0. The van der Waals surface area contributed by atoms with Crippen LogP contribution in [0, 0.1) is 0 Å². The van der Waals surface area contributed by atoms with Crippen molar-refractivity contribution in [1.29, 1.82) is 0 Å². The molecule has 0 radical (unpaired) electrons. The van der Waals surface area contributed by atoms with E-state index in [-0.39, 0.29) is 12.1 Å². The summed E-state index contributed by atoms with van der Waals surface area (Å²) in [5, 5.41) is 13.5. The van der Waals surface area contributed by atoms with E-state index < -0.39 is 14.6 Å². The van der Waals surface area contributed by atoms with Gasteiger partial charge in [0.25, 0.3) is 0 Å². The van der Waals surface area contributed by atoms with Gasteiger partial charge >= 0.3 is 0 Å². The first-order valence-electron chi connectivity index (χ1n) is 11.6. The van der Waals surface area contributed by atoms with Gasteiger partial charge < -0.3 is 29.9 Å². The van der Waals surface area contributed by atoms with Crippen LogP contribution >= 0.6 is 39.0 Å². The summed E-state index contributed by atoms with van der Waals surface area (Å²) in [7, 11) is -5.20. The minimum atomic E-state index is -2.60. The highest BCUT2D eigenvalue weighted by molar-refractivity contribution is 7.81. The van der Waals surface area contributed by atoms with E-state index in [9.17, 15) is 9.13 Å².